The van der Waals surface area contributed by atoms with Gasteiger partial charge in [-0.3, -0.25) is 4.98 Å². The average Bonchev–Trinajstić information content (AvgIpc) is 3.60. The first-order valence-electron chi connectivity index (χ1n) is 18.1. The molecule has 2 aromatic heterocycles. The van der Waals surface area contributed by atoms with Gasteiger partial charge in [0.25, 0.3) is 0 Å². The Morgan fingerprint density at radius 3 is 1.72 bits per heavy atom. The third-order valence-corrected chi connectivity index (χ3v) is 10.5. The van der Waals surface area contributed by atoms with Crippen LogP contribution in [0.15, 0.2) is 194 Å². The predicted molar refractivity (Wildman–Crippen MR) is 225 cm³/mol. The molecule has 0 aliphatic heterocycles. The van der Waals surface area contributed by atoms with Gasteiger partial charge >= 0.3 is 0 Å². The van der Waals surface area contributed by atoms with Crippen LogP contribution in [0.3, 0.4) is 0 Å². The van der Waals surface area contributed by atoms with Crippen LogP contribution in [-0.2, 0) is 0 Å². The van der Waals surface area contributed by atoms with Crippen LogP contribution in [0.1, 0.15) is 0 Å². The van der Waals surface area contributed by atoms with Crippen LogP contribution in [-0.4, -0.2) is 9.55 Å². The van der Waals surface area contributed by atoms with E-state index in [4.69, 9.17) is 6.57 Å². The van der Waals surface area contributed by atoms with Crippen molar-refractivity contribution in [2.75, 3.05) is 4.90 Å². The van der Waals surface area contributed by atoms with Gasteiger partial charge in [-0.25, -0.2) is 4.85 Å². The Morgan fingerprint density at radius 1 is 0.463 bits per heavy atom. The van der Waals surface area contributed by atoms with Gasteiger partial charge in [-0.2, -0.15) is 0 Å². The van der Waals surface area contributed by atoms with Crippen LogP contribution in [0, 0.1) is 6.57 Å². The van der Waals surface area contributed by atoms with Crippen molar-refractivity contribution in [1.82, 2.24) is 9.55 Å². The lowest BCUT2D eigenvalue weighted by atomic mass is 9.93. The van der Waals surface area contributed by atoms with Crippen LogP contribution >= 0.6 is 0 Å². The molecule has 8 aromatic carbocycles. The van der Waals surface area contributed by atoms with E-state index in [0.717, 1.165) is 39.3 Å². The van der Waals surface area contributed by atoms with E-state index in [1.807, 2.05) is 36.5 Å². The molecule has 0 aliphatic carbocycles. The molecular weight excluding hydrogens is 657 g/mol. The minimum atomic E-state index is 0.619. The molecule has 2 heterocycles. The summed E-state index contributed by atoms with van der Waals surface area (Å²) in [5.74, 6) is 0. The van der Waals surface area contributed by atoms with Crippen LogP contribution in [0.2, 0.25) is 0 Å². The van der Waals surface area contributed by atoms with Gasteiger partial charge in [0.05, 0.1) is 17.6 Å². The quantitative estimate of drug-likeness (QED) is 0.123. The number of benzene rings is 8. The van der Waals surface area contributed by atoms with Crippen molar-refractivity contribution >= 4 is 55.3 Å². The molecular formula is C50H32N4. The van der Waals surface area contributed by atoms with Gasteiger partial charge in [0.2, 0.25) is 0 Å². The summed E-state index contributed by atoms with van der Waals surface area (Å²) in [6, 6.07) is 64.3. The summed E-state index contributed by atoms with van der Waals surface area (Å²) in [5, 5.41) is 5.15. The second-order valence-corrected chi connectivity index (χ2v) is 13.5. The van der Waals surface area contributed by atoms with E-state index in [1.165, 1.54) is 49.4 Å². The first kappa shape index (κ1) is 31.3. The minimum Gasteiger partial charge on any atom is -0.311 e. The third-order valence-electron chi connectivity index (χ3n) is 10.5. The SMILES string of the molecule is [C-]#[N+]c1ccc(N(c2ccc(-c3ccc(-c4ccc5c6c4ccc4cccc(c46)n5-c4ccccc4)cc3)cc2)c2ccc(-c3cccnc3)cc2)cc1. The van der Waals surface area contributed by atoms with E-state index in [0.29, 0.717) is 5.69 Å². The fraction of sp³-hybridized carbons (Fsp3) is 0. The van der Waals surface area contributed by atoms with Crippen molar-refractivity contribution in [2.24, 2.45) is 0 Å². The Balaban J connectivity index is 0.989. The van der Waals surface area contributed by atoms with Crippen LogP contribution in [0.4, 0.5) is 22.7 Å². The molecule has 0 saturated heterocycles. The molecule has 0 fully saturated rings. The summed E-state index contributed by atoms with van der Waals surface area (Å²) in [7, 11) is 0. The zero-order chi connectivity index (χ0) is 36.0. The third kappa shape index (κ3) is 5.27. The normalized spacial score (nSPS) is 11.3. The fourth-order valence-corrected chi connectivity index (χ4v) is 7.90. The van der Waals surface area contributed by atoms with Gasteiger partial charge < -0.3 is 9.47 Å². The van der Waals surface area contributed by atoms with E-state index < -0.39 is 0 Å². The van der Waals surface area contributed by atoms with Gasteiger partial charge in [-0.15, -0.1) is 0 Å². The summed E-state index contributed by atoms with van der Waals surface area (Å²) in [6.45, 7) is 7.44. The highest BCUT2D eigenvalue weighted by molar-refractivity contribution is 6.26. The Bertz CT molecular complexity index is 2940. The Morgan fingerprint density at radius 2 is 1.07 bits per heavy atom. The average molecular weight is 689 g/mol. The van der Waals surface area contributed by atoms with E-state index in [2.05, 4.69) is 171 Å². The lowest BCUT2D eigenvalue weighted by molar-refractivity contribution is 1.18. The van der Waals surface area contributed by atoms with Crippen LogP contribution < -0.4 is 4.90 Å². The molecule has 0 amide bonds. The fourth-order valence-electron chi connectivity index (χ4n) is 7.90. The summed E-state index contributed by atoms with van der Waals surface area (Å²) in [6.07, 6.45) is 3.67. The zero-order valence-electron chi connectivity index (χ0n) is 29.3. The van der Waals surface area contributed by atoms with Crippen molar-refractivity contribution in [3.8, 4) is 39.1 Å². The van der Waals surface area contributed by atoms with Gasteiger partial charge in [0, 0.05) is 45.9 Å². The zero-order valence-corrected chi connectivity index (χ0v) is 29.3. The van der Waals surface area contributed by atoms with E-state index >= 15 is 0 Å². The van der Waals surface area contributed by atoms with Crippen molar-refractivity contribution in [3.63, 3.8) is 0 Å². The molecule has 4 nitrogen and oxygen atoms in total. The maximum absolute atomic E-state index is 7.44. The number of rotatable bonds is 7. The van der Waals surface area contributed by atoms with Gasteiger partial charge in [0.1, 0.15) is 0 Å². The lowest BCUT2D eigenvalue weighted by Crippen LogP contribution is -2.09. The Labute approximate surface area is 313 Å². The number of anilines is 3. The summed E-state index contributed by atoms with van der Waals surface area (Å²) >= 11 is 0. The molecule has 0 bridgehead atoms. The second kappa shape index (κ2) is 12.9. The highest BCUT2D eigenvalue weighted by Crippen LogP contribution is 2.43. The molecule has 0 N–H and O–H groups in total. The lowest BCUT2D eigenvalue weighted by Gasteiger charge is -2.26. The van der Waals surface area contributed by atoms with Crippen molar-refractivity contribution < 1.29 is 0 Å². The van der Waals surface area contributed by atoms with Crippen LogP contribution in [0.5, 0.6) is 0 Å². The number of aromatic nitrogens is 2. The van der Waals surface area contributed by atoms with Crippen molar-refractivity contribution in [2.45, 2.75) is 0 Å². The molecule has 0 unspecified atom stereocenters. The van der Waals surface area contributed by atoms with Crippen molar-refractivity contribution in [1.29, 1.82) is 0 Å². The maximum atomic E-state index is 7.44. The minimum absolute atomic E-state index is 0.619. The number of hydrogen-bond acceptors (Lipinski definition) is 2. The Kier molecular flexibility index (Phi) is 7.49. The van der Waals surface area contributed by atoms with Gasteiger partial charge in [-0.1, -0.05) is 115 Å². The molecule has 0 radical (unpaired) electrons. The molecule has 54 heavy (non-hydrogen) atoms. The number of nitrogens with zero attached hydrogens (tertiary/aromatic N) is 4. The molecule has 10 rings (SSSR count). The maximum Gasteiger partial charge on any atom is 0.187 e. The van der Waals surface area contributed by atoms with E-state index in [1.54, 1.807) is 6.20 Å². The van der Waals surface area contributed by atoms with Crippen LogP contribution in [0.25, 0.3) is 76.5 Å². The smallest absolute Gasteiger partial charge is 0.187 e. The monoisotopic (exact) mass is 688 g/mol. The first-order valence-corrected chi connectivity index (χ1v) is 18.1. The molecule has 4 heteroatoms. The van der Waals surface area contributed by atoms with E-state index in [-0.39, 0.29) is 0 Å². The molecule has 0 aliphatic rings. The topological polar surface area (TPSA) is 25.4 Å². The summed E-state index contributed by atoms with van der Waals surface area (Å²) in [5.41, 5.74) is 14.2. The predicted octanol–water partition coefficient (Wildman–Crippen LogP) is 13.8. The second-order valence-electron chi connectivity index (χ2n) is 13.5. The standard InChI is InChI=1S/C50H32N4/c1-51-40-21-27-44(28-22-40)53(43-25-18-36(19-26-43)39-8-6-32-52-33-39)42-23-16-35(17-24-42)34-12-14-37(15-13-34)45-30-31-48-50-46(45)29-20-38-7-5-11-47(49(38)50)54(48)41-9-3-2-4-10-41/h2-33H. The van der Waals surface area contributed by atoms with Gasteiger partial charge in [-0.05, 0) is 111 Å². The highest BCUT2D eigenvalue weighted by Gasteiger charge is 2.19. The molecule has 10 aromatic rings. The largest absolute Gasteiger partial charge is 0.311 e. The molecule has 0 saturated carbocycles. The highest BCUT2D eigenvalue weighted by atomic mass is 15.1. The number of para-hydroxylation sites is 1. The Hall–Kier alpha value is -7.48. The summed E-state index contributed by atoms with van der Waals surface area (Å²) in [4.78, 5) is 10.1. The van der Waals surface area contributed by atoms with Crippen molar-refractivity contribution in [3.05, 3.63) is 206 Å². The number of pyridine rings is 1. The molecule has 0 atom stereocenters. The van der Waals surface area contributed by atoms with Gasteiger partial charge in [0.15, 0.2) is 5.69 Å². The van der Waals surface area contributed by atoms with E-state index in [9.17, 15) is 0 Å². The molecule has 252 valence electrons. The summed E-state index contributed by atoms with van der Waals surface area (Å²) < 4.78 is 2.39. The number of hydrogen-bond donors (Lipinski definition) is 0. The molecule has 0 spiro atoms. The first-order chi connectivity index (χ1) is 26.7.